The minimum atomic E-state index is -0.503. The van der Waals surface area contributed by atoms with Gasteiger partial charge in [-0.3, -0.25) is 14.9 Å². The summed E-state index contributed by atoms with van der Waals surface area (Å²) in [4.78, 5) is 37.5. The first-order valence-electron chi connectivity index (χ1n) is 13.2. The molecular weight excluding hydrogens is 525 g/mol. The fraction of sp³-hybridized carbons (Fsp3) is 0.200. The number of carbonyl (C=O) groups is 1. The fourth-order valence-corrected chi connectivity index (χ4v) is 5.11. The number of fused-ring (bicyclic) bond motifs is 1. The quantitative estimate of drug-likeness (QED) is 0.222. The number of carbonyl (C=O) groups excluding carboxylic acids is 1. The topological polar surface area (TPSA) is 110 Å². The summed E-state index contributed by atoms with van der Waals surface area (Å²) in [7, 11) is 0. The van der Waals surface area contributed by atoms with Crippen molar-refractivity contribution in [3.63, 3.8) is 0 Å². The third kappa shape index (κ3) is 5.21. The minimum absolute atomic E-state index is 0.113. The Labute approximate surface area is 234 Å². The molecular formula is C30H26FN7O3. The molecule has 1 saturated heterocycles. The van der Waals surface area contributed by atoms with Crippen LogP contribution >= 0.6 is 0 Å². The molecule has 0 aliphatic carbocycles. The molecule has 1 aliphatic rings. The summed E-state index contributed by atoms with van der Waals surface area (Å²) in [6.07, 6.45) is 0.517. The Bertz CT molecular complexity index is 1750. The van der Waals surface area contributed by atoms with Crippen molar-refractivity contribution in [3.8, 4) is 5.69 Å². The van der Waals surface area contributed by atoms with E-state index in [1.165, 1.54) is 30.3 Å². The van der Waals surface area contributed by atoms with Crippen LogP contribution in [0.4, 0.5) is 15.9 Å². The Kier molecular flexibility index (Phi) is 6.84. The number of piperazine rings is 1. The average molecular weight is 552 g/mol. The third-order valence-electron chi connectivity index (χ3n) is 7.18. The molecule has 0 unspecified atom stereocenters. The van der Waals surface area contributed by atoms with E-state index in [2.05, 4.69) is 4.90 Å². The van der Waals surface area contributed by atoms with Crippen molar-refractivity contribution in [1.29, 1.82) is 0 Å². The average Bonchev–Trinajstić information content (AvgIpc) is 3.33. The van der Waals surface area contributed by atoms with E-state index in [1.807, 2.05) is 37.3 Å². The number of aryl methyl sites for hydroxylation is 1. The highest BCUT2D eigenvalue weighted by Gasteiger charge is 2.27. The Morgan fingerprint density at radius 2 is 1.68 bits per heavy atom. The van der Waals surface area contributed by atoms with Crippen LogP contribution in [0.1, 0.15) is 27.4 Å². The van der Waals surface area contributed by atoms with Gasteiger partial charge >= 0.3 is 0 Å². The molecule has 206 valence electrons. The summed E-state index contributed by atoms with van der Waals surface area (Å²) in [5, 5.41) is 16.7. The maximum Gasteiger partial charge on any atom is 0.270 e. The zero-order chi connectivity index (χ0) is 28.5. The molecule has 10 nitrogen and oxygen atoms in total. The van der Waals surface area contributed by atoms with Gasteiger partial charge in [-0.25, -0.2) is 19.0 Å². The Balaban J connectivity index is 1.34. The Morgan fingerprint density at radius 1 is 0.951 bits per heavy atom. The van der Waals surface area contributed by atoms with Crippen molar-refractivity contribution in [1.82, 2.24) is 24.6 Å². The molecule has 0 radical (unpaired) electrons. The van der Waals surface area contributed by atoms with Gasteiger partial charge in [0.05, 0.1) is 21.7 Å². The van der Waals surface area contributed by atoms with Gasteiger partial charge in [-0.05, 0) is 42.8 Å². The van der Waals surface area contributed by atoms with E-state index in [0.717, 1.165) is 22.5 Å². The molecule has 1 fully saturated rings. The fourth-order valence-electron chi connectivity index (χ4n) is 5.11. The van der Waals surface area contributed by atoms with E-state index in [-0.39, 0.29) is 17.4 Å². The molecule has 6 rings (SSSR count). The van der Waals surface area contributed by atoms with Crippen LogP contribution in [0.2, 0.25) is 0 Å². The van der Waals surface area contributed by atoms with Crippen molar-refractivity contribution in [2.45, 2.75) is 13.3 Å². The van der Waals surface area contributed by atoms with Gasteiger partial charge in [-0.1, -0.05) is 36.4 Å². The van der Waals surface area contributed by atoms with Gasteiger partial charge in [-0.2, -0.15) is 5.10 Å². The number of amides is 1. The van der Waals surface area contributed by atoms with Gasteiger partial charge in [0.2, 0.25) is 0 Å². The lowest BCUT2D eigenvalue weighted by Crippen LogP contribution is -2.49. The maximum atomic E-state index is 13.7. The standard InChI is InChI=1S/C30H26FN7O3/c1-20-27-28(35-14-16-36(17-15-35)30(39)22-8-5-9-25(19-22)38(40)41)32-26(18-21-6-3-2-4-7-21)33-29(27)37(34-20)24-12-10-23(31)11-13-24/h2-13,19H,14-18H2,1H3. The second-order valence-corrected chi connectivity index (χ2v) is 9.88. The number of benzene rings is 3. The number of hydrogen-bond acceptors (Lipinski definition) is 7. The van der Waals surface area contributed by atoms with Gasteiger partial charge < -0.3 is 9.80 Å². The predicted octanol–water partition coefficient (Wildman–Crippen LogP) is 4.72. The lowest BCUT2D eigenvalue weighted by atomic mass is 10.1. The molecule has 1 aliphatic heterocycles. The summed E-state index contributed by atoms with van der Waals surface area (Å²) in [6.45, 7) is 3.77. The largest absolute Gasteiger partial charge is 0.352 e. The molecule has 0 saturated carbocycles. The summed E-state index contributed by atoms with van der Waals surface area (Å²) in [6, 6.07) is 21.9. The summed E-state index contributed by atoms with van der Waals surface area (Å²) in [5.74, 6) is 0.775. The number of nitro benzene ring substituents is 1. The van der Waals surface area contributed by atoms with Crippen molar-refractivity contribution in [3.05, 3.63) is 117 Å². The van der Waals surface area contributed by atoms with Gasteiger partial charge in [0.1, 0.15) is 17.5 Å². The smallest absolute Gasteiger partial charge is 0.270 e. The predicted molar refractivity (Wildman–Crippen MR) is 152 cm³/mol. The van der Waals surface area contributed by atoms with Gasteiger partial charge in [0.25, 0.3) is 11.6 Å². The zero-order valence-electron chi connectivity index (χ0n) is 22.3. The highest BCUT2D eigenvalue weighted by Crippen LogP contribution is 2.30. The second-order valence-electron chi connectivity index (χ2n) is 9.88. The minimum Gasteiger partial charge on any atom is -0.352 e. The first kappa shape index (κ1) is 26.1. The number of nitrogens with zero attached hydrogens (tertiary/aromatic N) is 7. The van der Waals surface area contributed by atoms with Crippen LogP contribution in [-0.4, -0.2) is 61.7 Å². The first-order valence-corrected chi connectivity index (χ1v) is 13.2. The number of anilines is 1. The van der Waals surface area contributed by atoms with Gasteiger partial charge in [0.15, 0.2) is 5.65 Å². The molecule has 5 aromatic rings. The molecule has 0 bridgehead atoms. The normalized spacial score (nSPS) is 13.5. The monoisotopic (exact) mass is 551 g/mol. The van der Waals surface area contributed by atoms with Crippen molar-refractivity contribution >= 4 is 28.4 Å². The van der Waals surface area contributed by atoms with E-state index in [0.29, 0.717) is 55.3 Å². The molecule has 11 heteroatoms. The van der Waals surface area contributed by atoms with Gasteiger partial charge in [0, 0.05) is 50.3 Å². The highest BCUT2D eigenvalue weighted by molar-refractivity contribution is 5.95. The molecule has 0 spiro atoms. The Morgan fingerprint density at radius 3 is 2.39 bits per heavy atom. The molecule has 2 aromatic heterocycles. The maximum absolute atomic E-state index is 13.7. The molecule has 0 atom stereocenters. The van der Waals surface area contributed by atoms with Crippen molar-refractivity contribution in [2.24, 2.45) is 0 Å². The SMILES string of the molecule is Cc1nn(-c2ccc(F)cc2)c2nc(Cc3ccccc3)nc(N3CCN(C(=O)c4cccc([N+](=O)[O-])c4)CC3)c12. The summed E-state index contributed by atoms with van der Waals surface area (Å²) < 4.78 is 15.4. The van der Waals surface area contributed by atoms with E-state index in [1.54, 1.807) is 27.8 Å². The summed E-state index contributed by atoms with van der Waals surface area (Å²) in [5.41, 5.74) is 3.29. The molecule has 3 heterocycles. The number of non-ortho nitro benzene ring substituents is 1. The van der Waals surface area contributed by atoms with Crippen LogP contribution < -0.4 is 4.90 Å². The number of hydrogen-bond donors (Lipinski definition) is 0. The number of nitro groups is 1. The van der Waals surface area contributed by atoms with E-state index in [4.69, 9.17) is 15.1 Å². The molecule has 41 heavy (non-hydrogen) atoms. The van der Waals surface area contributed by atoms with Crippen molar-refractivity contribution in [2.75, 3.05) is 31.1 Å². The zero-order valence-corrected chi connectivity index (χ0v) is 22.3. The van der Waals surface area contributed by atoms with Crippen LogP contribution in [0.25, 0.3) is 16.7 Å². The highest BCUT2D eigenvalue weighted by atomic mass is 19.1. The Hall–Kier alpha value is -5.19. The lowest BCUT2D eigenvalue weighted by Gasteiger charge is -2.35. The van der Waals surface area contributed by atoms with Gasteiger partial charge in [-0.15, -0.1) is 0 Å². The van der Waals surface area contributed by atoms with E-state index in [9.17, 15) is 19.3 Å². The van der Waals surface area contributed by atoms with Crippen molar-refractivity contribution < 1.29 is 14.1 Å². The first-order chi connectivity index (χ1) is 19.9. The van der Waals surface area contributed by atoms with Crippen LogP contribution in [0.3, 0.4) is 0 Å². The number of aromatic nitrogens is 4. The third-order valence-corrected chi connectivity index (χ3v) is 7.18. The summed E-state index contributed by atoms with van der Waals surface area (Å²) >= 11 is 0. The molecule has 0 N–H and O–H groups in total. The second kappa shape index (κ2) is 10.8. The van der Waals surface area contributed by atoms with Crippen LogP contribution in [-0.2, 0) is 6.42 Å². The lowest BCUT2D eigenvalue weighted by molar-refractivity contribution is -0.384. The molecule has 3 aromatic carbocycles. The number of halogens is 1. The van der Waals surface area contributed by atoms with Crippen LogP contribution in [0.5, 0.6) is 0 Å². The number of rotatable bonds is 6. The van der Waals surface area contributed by atoms with E-state index < -0.39 is 4.92 Å². The molecule has 1 amide bonds. The van der Waals surface area contributed by atoms with E-state index >= 15 is 0 Å². The van der Waals surface area contributed by atoms with Crippen LogP contribution in [0.15, 0.2) is 78.9 Å². The van der Waals surface area contributed by atoms with Crippen LogP contribution in [0, 0.1) is 22.9 Å².